The van der Waals surface area contributed by atoms with Crippen molar-refractivity contribution in [1.82, 2.24) is 5.32 Å². The van der Waals surface area contributed by atoms with Crippen molar-refractivity contribution in [2.45, 2.75) is 32.2 Å². The van der Waals surface area contributed by atoms with Crippen LogP contribution in [0, 0.1) is 0 Å². The van der Waals surface area contributed by atoms with Crippen molar-refractivity contribution >= 4 is 17.5 Å². The van der Waals surface area contributed by atoms with Crippen LogP contribution in [0.25, 0.3) is 0 Å². The number of halogens is 1. The van der Waals surface area contributed by atoms with E-state index in [1.54, 1.807) is 19.2 Å². The predicted molar refractivity (Wildman–Crippen MR) is 85.3 cm³/mol. The number of ether oxygens (including phenoxy) is 2. The standard InChI is InChI=1S/C16H24ClNO3/c1-3-4-11-21-15-7-5-13(6-8-15)16(19)18-14(9-10-17)12-20-2/h5-8,14H,3-4,9-12H2,1-2H3,(H,18,19). The molecule has 1 amide bonds. The molecule has 0 aliphatic carbocycles. The second kappa shape index (κ2) is 10.5. The Morgan fingerprint density at radius 1 is 1.33 bits per heavy atom. The minimum absolute atomic E-state index is 0.0690. The number of benzene rings is 1. The van der Waals surface area contributed by atoms with Crippen molar-refractivity contribution in [2.75, 3.05) is 26.2 Å². The van der Waals surface area contributed by atoms with E-state index in [1.165, 1.54) is 0 Å². The lowest BCUT2D eigenvalue weighted by Gasteiger charge is -2.16. The van der Waals surface area contributed by atoms with Crippen molar-refractivity contribution in [3.8, 4) is 5.75 Å². The molecule has 1 aromatic rings. The molecule has 1 unspecified atom stereocenters. The molecule has 0 aromatic heterocycles. The lowest BCUT2D eigenvalue weighted by Crippen LogP contribution is -2.38. The second-order valence-corrected chi connectivity index (χ2v) is 5.21. The van der Waals surface area contributed by atoms with Gasteiger partial charge in [0.1, 0.15) is 5.75 Å². The van der Waals surface area contributed by atoms with E-state index in [0.29, 0.717) is 31.1 Å². The average molecular weight is 314 g/mol. The Morgan fingerprint density at radius 2 is 2.05 bits per heavy atom. The minimum Gasteiger partial charge on any atom is -0.494 e. The molecule has 5 heteroatoms. The zero-order valence-electron chi connectivity index (χ0n) is 12.7. The summed E-state index contributed by atoms with van der Waals surface area (Å²) in [6.45, 7) is 3.28. The van der Waals surface area contributed by atoms with E-state index in [-0.39, 0.29) is 11.9 Å². The number of rotatable bonds is 10. The molecule has 0 saturated heterocycles. The zero-order valence-corrected chi connectivity index (χ0v) is 13.5. The van der Waals surface area contributed by atoms with Crippen LogP contribution in [0.3, 0.4) is 0 Å². The Kier molecular flexibility index (Phi) is 8.87. The molecule has 0 saturated carbocycles. The van der Waals surface area contributed by atoms with Gasteiger partial charge in [-0.3, -0.25) is 4.79 Å². The molecule has 0 radical (unpaired) electrons. The molecule has 1 atom stereocenters. The van der Waals surface area contributed by atoms with Gasteiger partial charge < -0.3 is 14.8 Å². The summed E-state index contributed by atoms with van der Waals surface area (Å²) >= 11 is 5.72. The summed E-state index contributed by atoms with van der Waals surface area (Å²) < 4.78 is 10.6. The number of carbonyl (C=O) groups is 1. The maximum absolute atomic E-state index is 12.1. The van der Waals surface area contributed by atoms with Gasteiger partial charge in [-0.2, -0.15) is 0 Å². The lowest BCUT2D eigenvalue weighted by atomic mass is 10.1. The van der Waals surface area contributed by atoms with Crippen LogP contribution in [0.4, 0.5) is 0 Å². The summed E-state index contributed by atoms with van der Waals surface area (Å²) in [5.74, 6) is 1.15. The van der Waals surface area contributed by atoms with Crippen LogP contribution in [0.1, 0.15) is 36.5 Å². The van der Waals surface area contributed by atoms with E-state index in [1.807, 2.05) is 12.1 Å². The fraction of sp³-hybridized carbons (Fsp3) is 0.562. The zero-order chi connectivity index (χ0) is 15.5. The van der Waals surface area contributed by atoms with Crippen molar-refractivity contribution in [3.63, 3.8) is 0 Å². The van der Waals surface area contributed by atoms with Crippen LogP contribution in [-0.2, 0) is 4.74 Å². The number of alkyl halides is 1. The Morgan fingerprint density at radius 3 is 2.62 bits per heavy atom. The highest BCUT2D eigenvalue weighted by Crippen LogP contribution is 2.13. The smallest absolute Gasteiger partial charge is 0.251 e. The van der Waals surface area contributed by atoms with Gasteiger partial charge >= 0.3 is 0 Å². The van der Waals surface area contributed by atoms with E-state index in [9.17, 15) is 4.79 Å². The van der Waals surface area contributed by atoms with Gasteiger partial charge in [0.25, 0.3) is 5.91 Å². The van der Waals surface area contributed by atoms with Gasteiger partial charge in [0, 0.05) is 18.6 Å². The fourth-order valence-corrected chi connectivity index (χ4v) is 2.10. The van der Waals surface area contributed by atoms with Gasteiger partial charge in [0.15, 0.2) is 0 Å². The predicted octanol–water partition coefficient (Wildman–Crippen LogP) is 3.24. The number of methoxy groups -OCH3 is 1. The number of hydrogen-bond acceptors (Lipinski definition) is 3. The van der Waals surface area contributed by atoms with E-state index >= 15 is 0 Å². The Labute approximate surface area is 131 Å². The van der Waals surface area contributed by atoms with Crippen LogP contribution in [0.2, 0.25) is 0 Å². The summed E-state index contributed by atoms with van der Waals surface area (Å²) in [5, 5.41) is 2.92. The van der Waals surface area contributed by atoms with Crippen LogP contribution in [-0.4, -0.2) is 38.2 Å². The first-order chi connectivity index (χ1) is 10.2. The van der Waals surface area contributed by atoms with Gasteiger partial charge in [0.05, 0.1) is 19.3 Å². The maximum Gasteiger partial charge on any atom is 0.251 e. The Balaban J connectivity index is 2.53. The van der Waals surface area contributed by atoms with Crippen molar-refractivity contribution in [1.29, 1.82) is 0 Å². The van der Waals surface area contributed by atoms with E-state index < -0.39 is 0 Å². The molecule has 1 N–H and O–H groups in total. The van der Waals surface area contributed by atoms with Crippen molar-refractivity contribution in [2.24, 2.45) is 0 Å². The highest BCUT2D eigenvalue weighted by Gasteiger charge is 2.13. The van der Waals surface area contributed by atoms with Gasteiger partial charge in [0.2, 0.25) is 0 Å². The average Bonchev–Trinajstić information content (AvgIpc) is 2.48. The largest absolute Gasteiger partial charge is 0.494 e. The van der Waals surface area contributed by atoms with Crippen LogP contribution in [0.5, 0.6) is 5.75 Å². The quantitative estimate of drug-likeness (QED) is 0.533. The van der Waals surface area contributed by atoms with Crippen molar-refractivity contribution in [3.05, 3.63) is 29.8 Å². The Hall–Kier alpha value is -1.26. The number of unbranched alkanes of at least 4 members (excludes halogenated alkanes) is 1. The summed E-state index contributed by atoms with van der Waals surface area (Å²) in [6, 6.07) is 7.09. The normalized spacial score (nSPS) is 12.0. The molecule has 0 heterocycles. The van der Waals surface area contributed by atoms with Crippen molar-refractivity contribution < 1.29 is 14.3 Å². The summed E-state index contributed by atoms with van der Waals surface area (Å²) in [5.41, 5.74) is 0.605. The number of nitrogens with one attached hydrogen (secondary N) is 1. The highest BCUT2D eigenvalue weighted by molar-refractivity contribution is 6.17. The number of hydrogen-bond donors (Lipinski definition) is 1. The summed E-state index contributed by atoms with van der Waals surface area (Å²) in [6.07, 6.45) is 2.81. The molecule has 4 nitrogen and oxygen atoms in total. The number of carbonyl (C=O) groups excluding carboxylic acids is 1. The highest BCUT2D eigenvalue weighted by atomic mass is 35.5. The molecule has 0 spiro atoms. The Bertz CT molecular complexity index is 402. The first-order valence-electron chi connectivity index (χ1n) is 7.29. The van der Waals surface area contributed by atoms with Gasteiger partial charge in [-0.15, -0.1) is 11.6 Å². The second-order valence-electron chi connectivity index (χ2n) is 4.83. The third kappa shape index (κ3) is 6.82. The van der Waals surface area contributed by atoms with Crippen LogP contribution < -0.4 is 10.1 Å². The molecule has 21 heavy (non-hydrogen) atoms. The molecule has 0 aliphatic rings. The third-order valence-corrected chi connectivity index (χ3v) is 3.26. The monoisotopic (exact) mass is 313 g/mol. The van der Waals surface area contributed by atoms with Gasteiger partial charge in [-0.05, 0) is 37.1 Å². The van der Waals surface area contributed by atoms with E-state index in [0.717, 1.165) is 18.6 Å². The van der Waals surface area contributed by atoms with E-state index in [2.05, 4.69) is 12.2 Å². The van der Waals surface area contributed by atoms with Gasteiger partial charge in [-0.25, -0.2) is 0 Å². The van der Waals surface area contributed by atoms with Gasteiger partial charge in [-0.1, -0.05) is 13.3 Å². The first-order valence-corrected chi connectivity index (χ1v) is 7.83. The summed E-state index contributed by atoms with van der Waals surface area (Å²) in [4.78, 5) is 12.1. The molecular formula is C16H24ClNO3. The third-order valence-electron chi connectivity index (χ3n) is 3.04. The van der Waals surface area contributed by atoms with E-state index in [4.69, 9.17) is 21.1 Å². The molecular weight excluding hydrogens is 290 g/mol. The SMILES string of the molecule is CCCCOc1ccc(C(=O)NC(CCCl)COC)cc1. The first kappa shape index (κ1) is 17.8. The fourth-order valence-electron chi connectivity index (χ4n) is 1.84. The summed E-state index contributed by atoms with van der Waals surface area (Å²) in [7, 11) is 1.61. The molecule has 0 fully saturated rings. The molecule has 1 aromatic carbocycles. The topological polar surface area (TPSA) is 47.6 Å². The molecule has 0 bridgehead atoms. The molecule has 118 valence electrons. The van der Waals surface area contributed by atoms with Crippen LogP contribution in [0.15, 0.2) is 24.3 Å². The van der Waals surface area contributed by atoms with Crippen LogP contribution >= 0.6 is 11.6 Å². The maximum atomic E-state index is 12.1. The molecule has 1 rings (SSSR count). The number of amides is 1. The molecule has 0 aliphatic heterocycles. The lowest BCUT2D eigenvalue weighted by molar-refractivity contribution is 0.0895. The minimum atomic E-state index is -0.123.